The summed E-state index contributed by atoms with van der Waals surface area (Å²) in [5.74, 6) is 1.34. The molecule has 0 N–H and O–H groups in total. The molecule has 0 saturated heterocycles. The fourth-order valence-electron chi connectivity index (χ4n) is 0.539. The molecule has 0 aromatic rings. The highest BCUT2D eigenvalue weighted by atomic mass is 16.5. The predicted octanol–water partition coefficient (Wildman–Crippen LogP) is 2.95. The number of hydrogen-bond acceptors (Lipinski definition) is 1. The van der Waals surface area contributed by atoms with Gasteiger partial charge < -0.3 is 4.74 Å². The van der Waals surface area contributed by atoms with E-state index in [1.807, 2.05) is 0 Å². The van der Waals surface area contributed by atoms with Gasteiger partial charge in [0.05, 0.1) is 0 Å². The molecule has 0 radical (unpaired) electrons. The first kappa shape index (κ1) is 12.6. The van der Waals surface area contributed by atoms with Crippen LogP contribution in [0.5, 0.6) is 0 Å². The molecule has 0 atom stereocenters. The first-order valence-corrected chi connectivity index (χ1v) is 3.70. The largest absolute Gasteiger partial charge is 0.381 e. The lowest BCUT2D eigenvalue weighted by Gasteiger charge is -2.07. The molecule has 0 aliphatic carbocycles. The van der Waals surface area contributed by atoms with Gasteiger partial charge in [-0.3, -0.25) is 0 Å². The zero-order valence-electron chi connectivity index (χ0n) is 6.98. The second-order valence-electron chi connectivity index (χ2n) is 3.33. The summed E-state index contributed by atoms with van der Waals surface area (Å²) in [5.41, 5.74) is 0. The highest BCUT2D eigenvalue weighted by molar-refractivity contribution is 4.42. The van der Waals surface area contributed by atoms with E-state index in [0.717, 1.165) is 13.2 Å². The van der Waals surface area contributed by atoms with E-state index in [9.17, 15) is 0 Å². The van der Waals surface area contributed by atoms with E-state index >= 15 is 0 Å². The third-order valence-corrected chi connectivity index (χ3v) is 0.902. The highest BCUT2D eigenvalue weighted by Crippen LogP contribution is 1.96. The molecule has 0 spiro atoms. The summed E-state index contributed by atoms with van der Waals surface area (Å²) in [6.45, 7) is 10.5. The zero-order chi connectivity index (χ0) is 7.28. The highest BCUT2D eigenvalue weighted by Gasteiger charge is 1.95. The maximum absolute atomic E-state index is 5.36. The molecular weight excluding hydrogens is 124 g/mol. The van der Waals surface area contributed by atoms with Crippen LogP contribution >= 0.6 is 0 Å². The number of hydrogen-bond donors (Lipinski definition) is 0. The second-order valence-corrected chi connectivity index (χ2v) is 3.33. The first-order chi connectivity index (χ1) is 4.13. The minimum absolute atomic E-state index is 0. The zero-order valence-corrected chi connectivity index (χ0v) is 6.98. The lowest BCUT2D eigenvalue weighted by molar-refractivity contribution is 0.0886. The molecule has 0 saturated carbocycles. The van der Waals surface area contributed by atoms with Crippen molar-refractivity contribution in [3.63, 3.8) is 0 Å². The van der Waals surface area contributed by atoms with Gasteiger partial charge in [-0.1, -0.05) is 35.1 Å². The Labute approximate surface area is 65.8 Å². The topological polar surface area (TPSA) is 9.23 Å². The third-order valence-electron chi connectivity index (χ3n) is 0.902. The van der Waals surface area contributed by atoms with Crippen molar-refractivity contribution in [2.75, 3.05) is 13.2 Å². The summed E-state index contributed by atoms with van der Waals surface area (Å²) in [6, 6.07) is 0. The van der Waals surface area contributed by atoms with Gasteiger partial charge >= 0.3 is 0 Å². The van der Waals surface area contributed by atoms with Crippen molar-refractivity contribution in [3.05, 3.63) is 0 Å². The van der Waals surface area contributed by atoms with Crippen molar-refractivity contribution >= 4 is 0 Å². The normalized spacial score (nSPS) is 10.2. The Morgan fingerprint density at radius 2 is 1.20 bits per heavy atom. The molecule has 0 heterocycles. The van der Waals surface area contributed by atoms with E-state index in [-0.39, 0.29) is 7.43 Å². The standard InChI is InChI=1S/C8H18O.CH4/c1-7(2)5-9-6-8(3)4;/h7-8H,5-6H2,1-4H3;1H4. The molecule has 1 heteroatoms. The van der Waals surface area contributed by atoms with Crippen LogP contribution in [-0.2, 0) is 4.74 Å². The minimum atomic E-state index is 0. The van der Waals surface area contributed by atoms with Crippen LogP contribution in [0.2, 0.25) is 0 Å². The van der Waals surface area contributed by atoms with E-state index in [2.05, 4.69) is 27.7 Å². The van der Waals surface area contributed by atoms with Crippen molar-refractivity contribution in [3.8, 4) is 0 Å². The van der Waals surface area contributed by atoms with Crippen LogP contribution in [0, 0.1) is 11.8 Å². The molecule has 0 aliphatic rings. The molecule has 0 fully saturated rings. The van der Waals surface area contributed by atoms with Gasteiger partial charge in [0.25, 0.3) is 0 Å². The van der Waals surface area contributed by atoms with Crippen molar-refractivity contribution in [1.29, 1.82) is 0 Å². The van der Waals surface area contributed by atoms with Crippen LogP contribution in [-0.4, -0.2) is 13.2 Å². The van der Waals surface area contributed by atoms with Gasteiger partial charge in [0, 0.05) is 13.2 Å². The van der Waals surface area contributed by atoms with Crippen LogP contribution in [0.4, 0.5) is 0 Å². The maximum atomic E-state index is 5.36. The summed E-state index contributed by atoms with van der Waals surface area (Å²) >= 11 is 0. The van der Waals surface area contributed by atoms with Gasteiger partial charge in [0.2, 0.25) is 0 Å². The Kier molecular flexibility index (Phi) is 8.92. The summed E-state index contributed by atoms with van der Waals surface area (Å²) in [6.07, 6.45) is 0. The molecule has 1 nitrogen and oxygen atoms in total. The van der Waals surface area contributed by atoms with Gasteiger partial charge in [-0.2, -0.15) is 0 Å². The fourth-order valence-corrected chi connectivity index (χ4v) is 0.539. The Bertz CT molecular complexity index is 49.7. The molecule has 0 aromatic heterocycles. The van der Waals surface area contributed by atoms with E-state index < -0.39 is 0 Å². The lowest BCUT2D eigenvalue weighted by Crippen LogP contribution is -2.06. The Balaban J connectivity index is 0. The molecule has 0 rings (SSSR count). The van der Waals surface area contributed by atoms with Crippen LogP contribution in [0.1, 0.15) is 35.1 Å². The van der Waals surface area contributed by atoms with E-state index in [1.165, 1.54) is 0 Å². The molecule has 10 heavy (non-hydrogen) atoms. The van der Waals surface area contributed by atoms with Crippen LogP contribution in [0.25, 0.3) is 0 Å². The Morgan fingerprint density at radius 3 is 1.40 bits per heavy atom. The fraction of sp³-hybridized carbons (Fsp3) is 1.00. The quantitative estimate of drug-likeness (QED) is 0.592. The molecule has 0 bridgehead atoms. The smallest absolute Gasteiger partial charge is 0.0489 e. The summed E-state index contributed by atoms with van der Waals surface area (Å²) in [5, 5.41) is 0. The van der Waals surface area contributed by atoms with Crippen molar-refractivity contribution in [2.24, 2.45) is 11.8 Å². The van der Waals surface area contributed by atoms with Crippen molar-refractivity contribution in [1.82, 2.24) is 0 Å². The molecule has 0 aliphatic heterocycles. The monoisotopic (exact) mass is 146 g/mol. The van der Waals surface area contributed by atoms with Crippen molar-refractivity contribution < 1.29 is 4.74 Å². The van der Waals surface area contributed by atoms with Gasteiger partial charge in [-0.05, 0) is 11.8 Å². The molecule has 0 aromatic carbocycles. The van der Waals surface area contributed by atoms with E-state index in [0.29, 0.717) is 11.8 Å². The van der Waals surface area contributed by atoms with Gasteiger partial charge in [-0.15, -0.1) is 0 Å². The minimum Gasteiger partial charge on any atom is -0.381 e. The molecule has 0 amide bonds. The number of rotatable bonds is 4. The first-order valence-electron chi connectivity index (χ1n) is 3.70. The molecule has 0 unspecified atom stereocenters. The average molecular weight is 146 g/mol. The Morgan fingerprint density at radius 1 is 0.900 bits per heavy atom. The molecule has 64 valence electrons. The summed E-state index contributed by atoms with van der Waals surface area (Å²) < 4.78 is 5.36. The van der Waals surface area contributed by atoms with Gasteiger partial charge in [-0.25, -0.2) is 0 Å². The summed E-state index contributed by atoms with van der Waals surface area (Å²) in [7, 11) is 0. The van der Waals surface area contributed by atoms with Crippen LogP contribution in [0.15, 0.2) is 0 Å². The molecular formula is C9H22O. The second kappa shape index (κ2) is 7.07. The average Bonchev–Trinajstić information content (AvgIpc) is 1.63. The van der Waals surface area contributed by atoms with Crippen LogP contribution in [0.3, 0.4) is 0 Å². The summed E-state index contributed by atoms with van der Waals surface area (Å²) in [4.78, 5) is 0. The maximum Gasteiger partial charge on any atom is 0.0489 e. The SMILES string of the molecule is C.CC(C)COCC(C)C. The predicted molar refractivity (Wildman–Crippen MR) is 47.2 cm³/mol. The van der Waals surface area contributed by atoms with Gasteiger partial charge in [0.1, 0.15) is 0 Å². The van der Waals surface area contributed by atoms with Crippen LogP contribution < -0.4 is 0 Å². The van der Waals surface area contributed by atoms with E-state index in [4.69, 9.17) is 4.74 Å². The number of ether oxygens (including phenoxy) is 1. The lowest BCUT2D eigenvalue weighted by atomic mass is 10.2. The Hall–Kier alpha value is -0.0400. The van der Waals surface area contributed by atoms with E-state index in [1.54, 1.807) is 0 Å². The van der Waals surface area contributed by atoms with Crippen molar-refractivity contribution in [2.45, 2.75) is 35.1 Å². The third kappa shape index (κ3) is 10.9. The van der Waals surface area contributed by atoms with Gasteiger partial charge in [0.15, 0.2) is 0 Å².